The van der Waals surface area contributed by atoms with E-state index in [9.17, 15) is 0 Å². The molecule has 2 aromatic rings. The first kappa shape index (κ1) is 14.8. The Balaban J connectivity index is 2.31. The molecule has 0 saturated carbocycles. The molecular weight excluding hydrogens is 272 g/mol. The van der Waals surface area contributed by atoms with Crippen LogP contribution in [-0.4, -0.2) is 17.1 Å². The summed E-state index contributed by atoms with van der Waals surface area (Å²) in [5.41, 5.74) is 2.01. The van der Waals surface area contributed by atoms with Crippen LogP contribution in [0, 0.1) is 0 Å². The highest BCUT2D eigenvalue weighted by atomic mass is 35.5. The molecule has 3 nitrogen and oxygen atoms in total. The Hall–Kier alpha value is -1.61. The lowest BCUT2D eigenvalue weighted by atomic mass is 9.92. The van der Waals surface area contributed by atoms with E-state index in [4.69, 9.17) is 16.3 Å². The van der Waals surface area contributed by atoms with E-state index in [1.165, 1.54) is 0 Å². The Morgan fingerprint density at radius 3 is 2.55 bits per heavy atom. The molecule has 20 heavy (non-hydrogen) atoms. The van der Waals surface area contributed by atoms with Crippen LogP contribution in [0.4, 0.5) is 0 Å². The summed E-state index contributed by atoms with van der Waals surface area (Å²) in [5, 5.41) is 0.489. The standard InChI is InChI=1S/C16H19ClN2O/c1-16(2,3)13-10-14(17)19-15(18-13)9-11-6-5-7-12(8-11)20-4/h5-8,10H,9H2,1-4H3. The van der Waals surface area contributed by atoms with Gasteiger partial charge in [0.1, 0.15) is 16.7 Å². The number of ether oxygens (including phenoxy) is 1. The molecule has 2 rings (SSSR count). The van der Waals surface area contributed by atoms with E-state index in [1.807, 2.05) is 30.3 Å². The molecule has 0 aliphatic rings. The minimum Gasteiger partial charge on any atom is -0.497 e. The molecule has 0 aliphatic heterocycles. The highest BCUT2D eigenvalue weighted by molar-refractivity contribution is 6.29. The maximum absolute atomic E-state index is 6.11. The van der Waals surface area contributed by atoms with E-state index in [-0.39, 0.29) is 5.41 Å². The van der Waals surface area contributed by atoms with Gasteiger partial charge in [0.15, 0.2) is 0 Å². The van der Waals surface area contributed by atoms with Crippen molar-refractivity contribution in [2.75, 3.05) is 7.11 Å². The second-order valence-corrected chi connectivity index (χ2v) is 6.16. The average molecular weight is 291 g/mol. The van der Waals surface area contributed by atoms with E-state index in [2.05, 4.69) is 30.7 Å². The molecule has 0 unspecified atom stereocenters. The van der Waals surface area contributed by atoms with Gasteiger partial charge in [-0.25, -0.2) is 9.97 Å². The SMILES string of the molecule is COc1cccc(Cc2nc(Cl)cc(C(C)(C)C)n2)c1. The largest absolute Gasteiger partial charge is 0.497 e. The van der Waals surface area contributed by atoms with Gasteiger partial charge >= 0.3 is 0 Å². The van der Waals surface area contributed by atoms with Crippen LogP contribution in [0.3, 0.4) is 0 Å². The summed E-state index contributed by atoms with van der Waals surface area (Å²) in [6, 6.07) is 9.73. The van der Waals surface area contributed by atoms with Crippen LogP contribution in [0.5, 0.6) is 5.75 Å². The number of hydrogen-bond donors (Lipinski definition) is 0. The third kappa shape index (κ3) is 3.70. The van der Waals surface area contributed by atoms with Gasteiger partial charge in [0.25, 0.3) is 0 Å². The predicted molar refractivity (Wildman–Crippen MR) is 81.5 cm³/mol. The number of hydrogen-bond acceptors (Lipinski definition) is 3. The molecule has 0 N–H and O–H groups in total. The topological polar surface area (TPSA) is 35.0 Å². The Labute approximate surface area is 125 Å². The third-order valence-electron chi connectivity index (χ3n) is 3.01. The van der Waals surface area contributed by atoms with Gasteiger partial charge in [-0.15, -0.1) is 0 Å². The van der Waals surface area contributed by atoms with Gasteiger partial charge in [0.05, 0.1) is 12.8 Å². The predicted octanol–water partition coefficient (Wildman–Crippen LogP) is 4.03. The Morgan fingerprint density at radius 2 is 1.90 bits per heavy atom. The Kier molecular flexibility index (Phi) is 4.29. The number of rotatable bonds is 3. The van der Waals surface area contributed by atoms with Crippen LogP contribution in [0.1, 0.15) is 37.9 Å². The molecule has 1 aromatic carbocycles. The zero-order valence-corrected chi connectivity index (χ0v) is 13.0. The second kappa shape index (κ2) is 5.80. The lowest BCUT2D eigenvalue weighted by molar-refractivity contribution is 0.414. The molecule has 0 aliphatic carbocycles. The van der Waals surface area contributed by atoms with Gasteiger partial charge < -0.3 is 4.74 Å². The van der Waals surface area contributed by atoms with Crippen molar-refractivity contribution in [1.29, 1.82) is 0 Å². The van der Waals surface area contributed by atoms with Crippen molar-refractivity contribution < 1.29 is 4.74 Å². The van der Waals surface area contributed by atoms with Crippen molar-refractivity contribution in [2.24, 2.45) is 0 Å². The summed E-state index contributed by atoms with van der Waals surface area (Å²) < 4.78 is 5.23. The van der Waals surface area contributed by atoms with Gasteiger partial charge in [-0.05, 0) is 23.8 Å². The highest BCUT2D eigenvalue weighted by Crippen LogP contribution is 2.23. The van der Waals surface area contributed by atoms with E-state index < -0.39 is 0 Å². The molecule has 0 amide bonds. The lowest BCUT2D eigenvalue weighted by Crippen LogP contribution is -2.15. The van der Waals surface area contributed by atoms with E-state index in [0.29, 0.717) is 11.6 Å². The van der Waals surface area contributed by atoms with Crippen LogP contribution in [0.25, 0.3) is 0 Å². The molecule has 1 aromatic heterocycles. The second-order valence-electron chi connectivity index (χ2n) is 5.77. The Morgan fingerprint density at radius 1 is 1.15 bits per heavy atom. The quantitative estimate of drug-likeness (QED) is 0.801. The highest BCUT2D eigenvalue weighted by Gasteiger charge is 2.17. The monoisotopic (exact) mass is 290 g/mol. The zero-order valence-electron chi connectivity index (χ0n) is 12.3. The first-order valence-corrected chi connectivity index (χ1v) is 6.93. The van der Waals surface area contributed by atoms with Crippen LogP contribution < -0.4 is 4.74 Å². The summed E-state index contributed by atoms with van der Waals surface area (Å²) in [4.78, 5) is 8.93. The van der Waals surface area contributed by atoms with Gasteiger partial charge in [-0.2, -0.15) is 0 Å². The van der Waals surface area contributed by atoms with Crippen LogP contribution in [-0.2, 0) is 11.8 Å². The number of aromatic nitrogens is 2. The molecule has 0 bridgehead atoms. The van der Waals surface area contributed by atoms with E-state index in [0.717, 1.165) is 22.8 Å². The molecule has 0 atom stereocenters. The van der Waals surface area contributed by atoms with E-state index in [1.54, 1.807) is 7.11 Å². The van der Waals surface area contributed by atoms with Gasteiger partial charge in [0.2, 0.25) is 0 Å². The summed E-state index contributed by atoms with van der Waals surface area (Å²) in [5.74, 6) is 1.57. The lowest BCUT2D eigenvalue weighted by Gasteiger charge is -2.18. The minimum absolute atomic E-state index is 0.0459. The van der Waals surface area contributed by atoms with Gasteiger partial charge in [-0.1, -0.05) is 44.5 Å². The molecule has 0 fully saturated rings. The number of nitrogens with zero attached hydrogens (tertiary/aromatic N) is 2. The van der Waals surface area contributed by atoms with Gasteiger partial charge in [0, 0.05) is 11.8 Å². The fourth-order valence-electron chi connectivity index (χ4n) is 1.89. The van der Waals surface area contributed by atoms with Crippen molar-refractivity contribution in [3.63, 3.8) is 0 Å². The molecule has 1 heterocycles. The number of methoxy groups -OCH3 is 1. The van der Waals surface area contributed by atoms with Crippen molar-refractivity contribution in [2.45, 2.75) is 32.6 Å². The maximum Gasteiger partial charge on any atom is 0.134 e. The fourth-order valence-corrected chi connectivity index (χ4v) is 2.09. The average Bonchev–Trinajstić information content (AvgIpc) is 2.37. The van der Waals surface area contributed by atoms with Crippen molar-refractivity contribution in [3.8, 4) is 5.75 Å². The summed E-state index contributed by atoms with van der Waals surface area (Å²) in [7, 11) is 1.66. The molecule has 0 radical (unpaired) electrons. The first-order chi connectivity index (χ1) is 9.38. The van der Waals surface area contributed by atoms with E-state index >= 15 is 0 Å². The number of benzene rings is 1. The molecule has 4 heteroatoms. The maximum atomic E-state index is 6.11. The normalized spacial score (nSPS) is 11.4. The minimum atomic E-state index is -0.0459. The Bertz CT molecular complexity index is 606. The first-order valence-electron chi connectivity index (χ1n) is 6.55. The summed E-state index contributed by atoms with van der Waals surface area (Å²) in [6.45, 7) is 6.34. The van der Waals surface area contributed by atoms with Crippen molar-refractivity contribution in [3.05, 3.63) is 52.6 Å². The van der Waals surface area contributed by atoms with Crippen molar-refractivity contribution >= 4 is 11.6 Å². The van der Waals surface area contributed by atoms with Gasteiger partial charge in [-0.3, -0.25) is 0 Å². The zero-order chi connectivity index (χ0) is 14.8. The molecule has 0 saturated heterocycles. The number of halogens is 1. The molecule has 106 valence electrons. The summed E-state index contributed by atoms with van der Waals surface area (Å²) in [6.07, 6.45) is 0.640. The molecule has 0 spiro atoms. The van der Waals surface area contributed by atoms with Crippen LogP contribution >= 0.6 is 11.6 Å². The smallest absolute Gasteiger partial charge is 0.134 e. The third-order valence-corrected chi connectivity index (χ3v) is 3.20. The van der Waals surface area contributed by atoms with Crippen LogP contribution in [0.15, 0.2) is 30.3 Å². The fraction of sp³-hybridized carbons (Fsp3) is 0.375. The summed E-state index contributed by atoms with van der Waals surface area (Å²) >= 11 is 6.11. The van der Waals surface area contributed by atoms with Crippen LogP contribution in [0.2, 0.25) is 5.15 Å². The van der Waals surface area contributed by atoms with Crippen molar-refractivity contribution in [1.82, 2.24) is 9.97 Å². The molecular formula is C16H19ClN2O.